The van der Waals surface area contributed by atoms with Gasteiger partial charge in [0.05, 0.1) is 6.04 Å². The standard InChI is InChI=1S/C25H19F3N2O3/c1-13(15-8-11-18(27)19(28)12-15)29-21(14-6-9-16(26)10-7-14)17-4-2-3-5-20(17)30-22-23(31)25(33)24(22)32/h2-13,21,29-31H,1H3/t13-,21?/m1/s1. The molecular formula is C25H19F3N2O3. The van der Waals surface area contributed by atoms with Gasteiger partial charge in [-0.1, -0.05) is 36.4 Å². The molecule has 0 saturated heterocycles. The molecule has 0 aliphatic heterocycles. The van der Waals surface area contributed by atoms with Crippen molar-refractivity contribution in [3.05, 3.63) is 121 Å². The summed E-state index contributed by atoms with van der Waals surface area (Å²) in [6.07, 6.45) is 0. The zero-order valence-electron chi connectivity index (χ0n) is 17.4. The molecule has 33 heavy (non-hydrogen) atoms. The lowest BCUT2D eigenvalue weighted by Gasteiger charge is -2.27. The molecule has 8 heteroatoms. The summed E-state index contributed by atoms with van der Waals surface area (Å²) in [5.74, 6) is -3.00. The first kappa shape index (κ1) is 22.3. The van der Waals surface area contributed by atoms with Crippen LogP contribution in [0.15, 0.2) is 76.3 Å². The fourth-order valence-corrected chi connectivity index (χ4v) is 3.64. The largest absolute Gasteiger partial charge is 0.502 e. The van der Waals surface area contributed by atoms with Gasteiger partial charge in [-0.15, -0.1) is 0 Å². The van der Waals surface area contributed by atoms with E-state index in [0.29, 0.717) is 22.4 Å². The molecule has 4 aromatic carbocycles. The second kappa shape index (κ2) is 8.91. The van der Waals surface area contributed by atoms with E-state index in [4.69, 9.17) is 0 Å². The predicted octanol–water partition coefficient (Wildman–Crippen LogP) is 4.59. The van der Waals surface area contributed by atoms with Gasteiger partial charge in [0.2, 0.25) is 0 Å². The van der Waals surface area contributed by atoms with Crippen molar-refractivity contribution in [2.75, 3.05) is 5.32 Å². The first-order valence-corrected chi connectivity index (χ1v) is 10.1. The van der Waals surface area contributed by atoms with Gasteiger partial charge in [0, 0.05) is 11.7 Å². The maximum atomic E-state index is 13.8. The Bertz CT molecular complexity index is 1380. The van der Waals surface area contributed by atoms with E-state index in [9.17, 15) is 27.9 Å². The number of hydrogen-bond donors (Lipinski definition) is 3. The highest BCUT2D eigenvalue weighted by Crippen LogP contribution is 2.33. The molecule has 0 aromatic heterocycles. The van der Waals surface area contributed by atoms with Crippen LogP contribution in [0.2, 0.25) is 0 Å². The fourth-order valence-electron chi connectivity index (χ4n) is 3.64. The van der Waals surface area contributed by atoms with Gasteiger partial charge in [-0.2, -0.15) is 0 Å². The van der Waals surface area contributed by atoms with E-state index < -0.39 is 46.1 Å². The van der Waals surface area contributed by atoms with E-state index in [-0.39, 0.29) is 5.69 Å². The smallest absolute Gasteiger partial charge is 0.271 e. The average molecular weight is 452 g/mol. The Balaban J connectivity index is 1.74. The lowest BCUT2D eigenvalue weighted by molar-refractivity contribution is 0.466. The van der Waals surface area contributed by atoms with Gasteiger partial charge in [-0.3, -0.25) is 14.9 Å². The number of para-hydroxylation sites is 1. The molecule has 0 saturated carbocycles. The van der Waals surface area contributed by atoms with Crippen LogP contribution in [0, 0.1) is 17.5 Å². The van der Waals surface area contributed by atoms with Gasteiger partial charge >= 0.3 is 0 Å². The molecule has 0 bridgehead atoms. The van der Waals surface area contributed by atoms with Crippen LogP contribution in [0.1, 0.15) is 35.7 Å². The van der Waals surface area contributed by atoms with Crippen molar-refractivity contribution in [2.24, 2.45) is 0 Å². The number of rotatable bonds is 7. The predicted molar refractivity (Wildman–Crippen MR) is 119 cm³/mol. The summed E-state index contributed by atoms with van der Waals surface area (Å²) < 4.78 is 40.7. The number of nitrogens with one attached hydrogen (secondary N) is 2. The summed E-state index contributed by atoms with van der Waals surface area (Å²) in [6.45, 7) is 1.77. The number of benzene rings is 3. The van der Waals surface area contributed by atoms with Gasteiger partial charge in [0.1, 0.15) is 11.5 Å². The Morgan fingerprint density at radius 2 is 1.48 bits per heavy atom. The average Bonchev–Trinajstić information content (AvgIpc) is 2.83. The van der Waals surface area contributed by atoms with Crippen molar-refractivity contribution in [1.82, 2.24) is 5.32 Å². The molecule has 1 unspecified atom stereocenters. The number of aromatic hydroxyl groups is 1. The quantitative estimate of drug-likeness (QED) is 0.358. The van der Waals surface area contributed by atoms with E-state index in [1.165, 1.54) is 18.2 Å². The highest BCUT2D eigenvalue weighted by molar-refractivity contribution is 5.72. The molecule has 168 valence electrons. The molecule has 0 spiro atoms. The zero-order valence-corrected chi connectivity index (χ0v) is 17.4. The van der Waals surface area contributed by atoms with Crippen LogP contribution >= 0.6 is 0 Å². The summed E-state index contributed by atoms with van der Waals surface area (Å²) >= 11 is 0. The number of hydrogen-bond acceptors (Lipinski definition) is 5. The molecule has 0 fully saturated rings. The summed E-state index contributed by atoms with van der Waals surface area (Å²) in [5.41, 5.74) is 0.198. The first-order valence-electron chi connectivity index (χ1n) is 10.1. The second-order valence-electron chi connectivity index (χ2n) is 7.64. The van der Waals surface area contributed by atoms with Crippen molar-refractivity contribution >= 4 is 11.4 Å². The molecule has 0 aliphatic carbocycles. The Morgan fingerprint density at radius 1 is 0.818 bits per heavy atom. The lowest BCUT2D eigenvalue weighted by atomic mass is 9.95. The Kier molecular flexibility index (Phi) is 6.02. The van der Waals surface area contributed by atoms with Crippen molar-refractivity contribution in [3.8, 4) is 5.75 Å². The summed E-state index contributed by atoms with van der Waals surface area (Å²) in [4.78, 5) is 23.2. The third-order valence-electron chi connectivity index (χ3n) is 5.48. The highest BCUT2D eigenvalue weighted by Gasteiger charge is 2.24. The monoisotopic (exact) mass is 452 g/mol. The van der Waals surface area contributed by atoms with Gasteiger partial charge in [-0.05, 0) is 53.9 Å². The molecule has 0 heterocycles. The van der Waals surface area contributed by atoms with Gasteiger partial charge in [0.25, 0.3) is 10.9 Å². The van der Waals surface area contributed by atoms with Crippen LogP contribution in [-0.4, -0.2) is 5.11 Å². The Morgan fingerprint density at radius 3 is 2.15 bits per heavy atom. The summed E-state index contributed by atoms with van der Waals surface area (Å²) in [6, 6.07) is 15.2. The number of halogens is 3. The summed E-state index contributed by atoms with van der Waals surface area (Å²) in [5, 5.41) is 15.9. The van der Waals surface area contributed by atoms with Gasteiger partial charge in [-0.25, -0.2) is 13.2 Å². The SMILES string of the molecule is C[C@@H](NC(c1ccc(F)cc1)c1ccccc1Nc1c(O)c(=O)c1=O)c1ccc(F)c(F)c1. The lowest BCUT2D eigenvalue weighted by Crippen LogP contribution is -2.33. The molecule has 0 radical (unpaired) electrons. The fraction of sp³-hybridized carbons (Fsp3) is 0.120. The number of anilines is 2. The third kappa shape index (κ3) is 4.38. The molecular weight excluding hydrogens is 433 g/mol. The minimum absolute atomic E-state index is 0.209. The van der Waals surface area contributed by atoms with Gasteiger partial charge in [0.15, 0.2) is 17.4 Å². The van der Waals surface area contributed by atoms with Crippen molar-refractivity contribution in [3.63, 3.8) is 0 Å². The Hall–Kier alpha value is -3.91. The van der Waals surface area contributed by atoms with Gasteiger partial charge < -0.3 is 10.4 Å². The maximum Gasteiger partial charge on any atom is 0.271 e. The third-order valence-corrected chi connectivity index (χ3v) is 5.48. The minimum Gasteiger partial charge on any atom is -0.502 e. The molecule has 0 aliphatic rings. The Labute approximate surface area is 186 Å². The maximum absolute atomic E-state index is 13.8. The van der Waals surface area contributed by atoms with Crippen LogP contribution in [0.4, 0.5) is 24.5 Å². The van der Waals surface area contributed by atoms with E-state index in [0.717, 1.165) is 12.1 Å². The molecule has 2 atom stereocenters. The molecule has 4 aromatic rings. The van der Waals surface area contributed by atoms with Crippen LogP contribution in [0.3, 0.4) is 0 Å². The second-order valence-corrected chi connectivity index (χ2v) is 7.64. The van der Waals surface area contributed by atoms with E-state index >= 15 is 0 Å². The van der Waals surface area contributed by atoms with Crippen LogP contribution in [0.5, 0.6) is 5.75 Å². The highest BCUT2D eigenvalue weighted by atomic mass is 19.2. The molecule has 0 amide bonds. The van der Waals surface area contributed by atoms with E-state index in [2.05, 4.69) is 10.6 Å². The van der Waals surface area contributed by atoms with E-state index in [1.807, 2.05) is 0 Å². The molecule has 3 N–H and O–H groups in total. The van der Waals surface area contributed by atoms with Crippen LogP contribution in [0.25, 0.3) is 0 Å². The van der Waals surface area contributed by atoms with Crippen LogP contribution < -0.4 is 21.5 Å². The molecule has 5 nitrogen and oxygen atoms in total. The van der Waals surface area contributed by atoms with E-state index in [1.54, 1.807) is 43.3 Å². The van der Waals surface area contributed by atoms with Crippen molar-refractivity contribution in [1.29, 1.82) is 0 Å². The normalized spacial score (nSPS) is 13.1. The summed E-state index contributed by atoms with van der Waals surface area (Å²) in [7, 11) is 0. The zero-order chi connectivity index (χ0) is 23.7. The molecule has 4 rings (SSSR count). The minimum atomic E-state index is -0.975. The van der Waals surface area contributed by atoms with Crippen molar-refractivity contribution < 1.29 is 18.3 Å². The first-order chi connectivity index (χ1) is 15.8. The van der Waals surface area contributed by atoms with Crippen LogP contribution in [-0.2, 0) is 0 Å². The topological polar surface area (TPSA) is 78.4 Å². The van der Waals surface area contributed by atoms with Crippen molar-refractivity contribution in [2.45, 2.75) is 19.0 Å².